The Bertz CT molecular complexity index is 347. The van der Waals surface area contributed by atoms with Crippen molar-refractivity contribution >= 4 is 45.6 Å². The molecule has 0 aliphatic carbocycles. The third kappa shape index (κ3) is 6.52. The van der Waals surface area contributed by atoms with E-state index in [4.69, 9.17) is 9.47 Å². The summed E-state index contributed by atoms with van der Waals surface area (Å²) < 4.78 is 11.2. The Kier molecular flexibility index (Phi) is 12.2. The molecule has 1 fully saturated rings. The number of ether oxygens (including phenoxy) is 2. The van der Waals surface area contributed by atoms with Crippen LogP contribution in [0.1, 0.15) is 26.3 Å². The van der Waals surface area contributed by atoms with Gasteiger partial charge in [0.2, 0.25) is 0 Å². The molecule has 1 aliphatic heterocycles. The first kappa shape index (κ1) is 20.0. The molecule has 19 heavy (non-hydrogen) atoms. The molecule has 1 aromatic carbocycles. The molecule has 1 aliphatic rings. The molecule has 0 aromatic heterocycles. The van der Waals surface area contributed by atoms with Crippen LogP contribution in [-0.2, 0) is 24.7 Å². The summed E-state index contributed by atoms with van der Waals surface area (Å²) in [5.41, 5.74) is 2.11. The van der Waals surface area contributed by atoms with Crippen LogP contribution in [0, 0.1) is 0 Å². The second-order valence-electron chi connectivity index (χ2n) is 3.50. The van der Waals surface area contributed by atoms with E-state index in [1.165, 1.54) is 0 Å². The van der Waals surface area contributed by atoms with Gasteiger partial charge in [-0.25, -0.2) is 0 Å². The molecule has 1 aromatic rings. The van der Waals surface area contributed by atoms with Crippen molar-refractivity contribution in [2.75, 3.05) is 25.6 Å². The third-order valence-corrected chi connectivity index (χ3v) is 2.52. The van der Waals surface area contributed by atoms with Gasteiger partial charge in [-0.15, -0.1) is 0 Å². The fourth-order valence-corrected chi connectivity index (χ4v) is 1.77. The maximum atomic E-state index is 5.61. The van der Waals surface area contributed by atoms with E-state index in [2.05, 4.69) is 45.3 Å². The fraction of sp³-hybridized carbons (Fsp3) is 0.538. The molecule has 0 spiro atoms. The third-order valence-electron chi connectivity index (χ3n) is 2.52. The van der Waals surface area contributed by atoms with Crippen LogP contribution in [-0.4, -0.2) is 20.3 Å². The SMILES string of the molecule is CC.CNc1ccccc1C1(C)OCCO1.[I][V][I]. The number of rotatable bonds is 2. The van der Waals surface area contributed by atoms with E-state index in [0.29, 0.717) is 22.7 Å². The average molecular weight is 528 g/mol. The molecule has 1 saturated heterocycles. The minimum atomic E-state index is -0.584. The van der Waals surface area contributed by atoms with Gasteiger partial charge in [0.05, 0.1) is 13.2 Å². The van der Waals surface area contributed by atoms with Gasteiger partial charge >= 0.3 is 49.4 Å². The second kappa shape index (κ2) is 11.6. The van der Waals surface area contributed by atoms with Crippen LogP contribution in [0.5, 0.6) is 0 Å². The van der Waals surface area contributed by atoms with Crippen LogP contribution in [0.2, 0.25) is 0 Å². The Morgan fingerprint density at radius 3 is 2.11 bits per heavy atom. The number of halogens is 2. The van der Waals surface area contributed by atoms with E-state index >= 15 is 0 Å². The molecular formula is C13H21I2NO2V. The average Bonchev–Trinajstić information content (AvgIpc) is 2.90. The monoisotopic (exact) mass is 528 g/mol. The zero-order chi connectivity index (χ0) is 14.7. The summed E-state index contributed by atoms with van der Waals surface area (Å²) in [4.78, 5) is 0. The molecule has 109 valence electrons. The van der Waals surface area contributed by atoms with Gasteiger partial charge in [-0.05, 0) is 13.0 Å². The van der Waals surface area contributed by atoms with E-state index in [1.54, 1.807) is 0 Å². The first-order valence-corrected chi connectivity index (χ1v) is 15.2. The van der Waals surface area contributed by atoms with Crippen molar-refractivity contribution in [2.45, 2.75) is 26.6 Å². The quantitative estimate of drug-likeness (QED) is 0.563. The molecule has 0 unspecified atom stereocenters. The number of nitrogens with one attached hydrogen (secondary N) is 1. The van der Waals surface area contributed by atoms with Crippen molar-refractivity contribution in [3.63, 3.8) is 0 Å². The van der Waals surface area contributed by atoms with Crippen molar-refractivity contribution in [3.8, 4) is 0 Å². The Labute approximate surface area is 145 Å². The first-order valence-electron chi connectivity index (χ1n) is 6.15. The van der Waals surface area contributed by atoms with E-state index in [1.807, 2.05) is 52.1 Å². The maximum absolute atomic E-state index is 5.61. The van der Waals surface area contributed by atoms with Crippen molar-refractivity contribution in [2.24, 2.45) is 0 Å². The zero-order valence-corrected chi connectivity index (χ0v) is 17.5. The summed E-state index contributed by atoms with van der Waals surface area (Å²) in [6.07, 6.45) is 0. The molecule has 6 heteroatoms. The molecule has 0 saturated carbocycles. The molecule has 3 nitrogen and oxygen atoms in total. The Morgan fingerprint density at radius 2 is 1.63 bits per heavy atom. The standard InChI is InChI=1S/C11H15NO2.C2H6.2HI.V/c1-11(13-7-8-14-11)9-5-3-4-6-10(9)12-2;1-2;;;/h3-6,12H,7-8H2,1-2H3;1-2H3;2*1H;/q;;;;+2/p-2. The molecule has 0 radical (unpaired) electrons. The molecule has 0 amide bonds. The zero-order valence-electron chi connectivity index (χ0n) is 11.7. The van der Waals surface area contributed by atoms with Crippen molar-refractivity contribution < 1.29 is 18.9 Å². The van der Waals surface area contributed by atoms with Gasteiger partial charge in [-0.2, -0.15) is 0 Å². The minimum absolute atomic E-state index is 0.584. The topological polar surface area (TPSA) is 30.5 Å². The number of para-hydroxylation sites is 1. The Hall–Kier alpha value is 0.984. The summed E-state index contributed by atoms with van der Waals surface area (Å²) in [5, 5.41) is 3.14. The van der Waals surface area contributed by atoms with Gasteiger partial charge in [-0.3, -0.25) is 0 Å². The summed E-state index contributed by atoms with van der Waals surface area (Å²) in [6.45, 7) is 7.28. The molecule has 0 atom stereocenters. The molecule has 1 N–H and O–H groups in total. The van der Waals surface area contributed by atoms with Gasteiger partial charge in [0.25, 0.3) is 0 Å². The summed E-state index contributed by atoms with van der Waals surface area (Å²) >= 11 is 4.74. The van der Waals surface area contributed by atoms with Crippen LogP contribution >= 0.6 is 40.0 Å². The Balaban J connectivity index is 0.000000573. The van der Waals surface area contributed by atoms with Gasteiger partial charge in [0, 0.05) is 18.3 Å². The van der Waals surface area contributed by atoms with Gasteiger partial charge in [0.1, 0.15) is 0 Å². The molecule has 0 bridgehead atoms. The van der Waals surface area contributed by atoms with Crippen LogP contribution < -0.4 is 5.32 Å². The number of hydrogen-bond acceptors (Lipinski definition) is 3. The van der Waals surface area contributed by atoms with Gasteiger partial charge < -0.3 is 14.8 Å². The number of anilines is 1. The van der Waals surface area contributed by atoms with E-state index in [0.717, 1.165) is 11.3 Å². The molecular weight excluding hydrogens is 507 g/mol. The number of benzene rings is 1. The van der Waals surface area contributed by atoms with E-state index in [9.17, 15) is 0 Å². The van der Waals surface area contributed by atoms with E-state index in [-0.39, 0.29) is 0 Å². The summed E-state index contributed by atoms with van der Waals surface area (Å²) in [5.74, 6) is -0.584. The Morgan fingerprint density at radius 1 is 1.16 bits per heavy atom. The molecule has 1 heterocycles. The van der Waals surface area contributed by atoms with Crippen LogP contribution in [0.4, 0.5) is 5.69 Å². The van der Waals surface area contributed by atoms with Gasteiger partial charge in [-0.1, -0.05) is 32.0 Å². The first-order chi connectivity index (χ1) is 9.18. The predicted molar refractivity (Wildman–Crippen MR) is 94.6 cm³/mol. The van der Waals surface area contributed by atoms with Crippen molar-refractivity contribution in [3.05, 3.63) is 29.8 Å². The normalized spacial score (nSPS) is 15.5. The van der Waals surface area contributed by atoms with Crippen LogP contribution in [0.25, 0.3) is 0 Å². The van der Waals surface area contributed by atoms with Gasteiger partial charge in [0.15, 0.2) is 5.79 Å². The fourth-order valence-electron chi connectivity index (χ4n) is 1.77. The predicted octanol–water partition coefficient (Wildman–Crippen LogP) is 4.74. The summed E-state index contributed by atoms with van der Waals surface area (Å²) in [6, 6.07) is 8.03. The van der Waals surface area contributed by atoms with Crippen molar-refractivity contribution in [1.29, 1.82) is 0 Å². The summed E-state index contributed by atoms with van der Waals surface area (Å²) in [7, 11) is 2.53. The van der Waals surface area contributed by atoms with Crippen molar-refractivity contribution in [1.82, 2.24) is 0 Å². The van der Waals surface area contributed by atoms with E-state index < -0.39 is 5.79 Å². The van der Waals surface area contributed by atoms with Crippen LogP contribution in [0.3, 0.4) is 0 Å². The van der Waals surface area contributed by atoms with Crippen LogP contribution in [0.15, 0.2) is 24.3 Å². The number of hydrogen-bond donors (Lipinski definition) is 1. The second-order valence-corrected chi connectivity index (χ2v) is 15.3. The molecule has 2 rings (SSSR count).